The summed E-state index contributed by atoms with van der Waals surface area (Å²) in [4.78, 5) is 35.8. The predicted octanol–water partition coefficient (Wildman–Crippen LogP) is 3.57. The summed E-state index contributed by atoms with van der Waals surface area (Å²) in [5.74, 6) is -0.540. The van der Waals surface area contributed by atoms with Gasteiger partial charge in [0.2, 0.25) is 0 Å². The van der Waals surface area contributed by atoms with Crippen molar-refractivity contribution in [3.05, 3.63) is 78.4 Å². The van der Waals surface area contributed by atoms with Crippen molar-refractivity contribution in [2.24, 2.45) is 0 Å². The first-order valence-corrected chi connectivity index (χ1v) is 9.47. The summed E-state index contributed by atoms with van der Waals surface area (Å²) in [7, 11) is 1.25. The molecule has 0 radical (unpaired) electrons. The number of allylic oxidation sites excluding steroid dienone is 1. The maximum Gasteiger partial charge on any atom is 0.408 e. The highest BCUT2D eigenvalue weighted by Gasteiger charge is 2.23. The Bertz CT molecular complexity index is 848. The van der Waals surface area contributed by atoms with Crippen LogP contribution in [0.5, 0.6) is 5.75 Å². The average molecular weight is 411 g/mol. The molecule has 0 aromatic heterocycles. The lowest BCUT2D eigenvalue weighted by atomic mass is 10.1. The second-order valence-electron chi connectivity index (χ2n) is 6.43. The molecule has 0 heterocycles. The van der Waals surface area contributed by atoms with Gasteiger partial charge in [-0.3, -0.25) is 4.79 Å². The van der Waals surface area contributed by atoms with E-state index in [4.69, 9.17) is 14.2 Å². The van der Waals surface area contributed by atoms with Gasteiger partial charge in [0.1, 0.15) is 18.4 Å². The fourth-order valence-electron chi connectivity index (χ4n) is 2.57. The third kappa shape index (κ3) is 7.79. The number of carbonyl (C=O) groups excluding carboxylic acids is 3. The van der Waals surface area contributed by atoms with Gasteiger partial charge in [0.05, 0.1) is 7.11 Å². The van der Waals surface area contributed by atoms with E-state index in [-0.39, 0.29) is 25.4 Å². The SMILES string of the molecule is C=CCCC(=O)Oc1ccc(C[C@H](NC(=O)OCc2ccccc2)C(=O)OC)cc1. The van der Waals surface area contributed by atoms with Crippen LogP contribution in [-0.2, 0) is 32.1 Å². The molecule has 0 aliphatic carbocycles. The van der Waals surface area contributed by atoms with Crippen LogP contribution in [0, 0.1) is 0 Å². The number of ether oxygens (including phenoxy) is 3. The molecule has 0 aliphatic rings. The fourth-order valence-corrected chi connectivity index (χ4v) is 2.57. The average Bonchev–Trinajstić information content (AvgIpc) is 2.77. The second-order valence-corrected chi connectivity index (χ2v) is 6.43. The lowest BCUT2D eigenvalue weighted by molar-refractivity contribution is -0.143. The Labute approximate surface area is 175 Å². The first-order valence-electron chi connectivity index (χ1n) is 9.47. The lowest BCUT2D eigenvalue weighted by Gasteiger charge is -2.17. The van der Waals surface area contributed by atoms with Gasteiger partial charge in [-0.2, -0.15) is 0 Å². The Morgan fingerprint density at radius 1 is 1.03 bits per heavy atom. The zero-order valence-electron chi connectivity index (χ0n) is 16.8. The van der Waals surface area contributed by atoms with Crippen LogP contribution in [-0.4, -0.2) is 31.2 Å². The predicted molar refractivity (Wildman–Crippen MR) is 111 cm³/mol. The van der Waals surface area contributed by atoms with E-state index in [9.17, 15) is 14.4 Å². The molecule has 0 unspecified atom stereocenters. The van der Waals surface area contributed by atoms with E-state index in [1.165, 1.54) is 7.11 Å². The van der Waals surface area contributed by atoms with Gasteiger partial charge >= 0.3 is 18.0 Å². The van der Waals surface area contributed by atoms with Crippen LogP contribution in [0.2, 0.25) is 0 Å². The minimum absolute atomic E-state index is 0.0898. The van der Waals surface area contributed by atoms with E-state index in [1.54, 1.807) is 30.3 Å². The molecule has 2 aromatic carbocycles. The van der Waals surface area contributed by atoms with Crippen molar-refractivity contribution in [1.29, 1.82) is 0 Å². The normalized spacial score (nSPS) is 11.1. The van der Waals surface area contributed by atoms with E-state index in [1.807, 2.05) is 30.3 Å². The molecule has 0 saturated carbocycles. The highest BCUT2D eigenvalue weighted by atomic mass is 16.6. The maximum absolute atomic E-state index is 12.1. The standard InChI is InChI=1S/C23H25NO6/c1-3-4-10-21(25)30-19-13-11-17(12-14-19)15-20(22(26)28-2)24-23(27)29-16-18-8-6-5-7-9-18/h3,5-9,11-14,20H,1,4,10,15-16H2,2H3,(H,24,27)/t20-/m0/s1. The van der Waals surface area contributed by atoms with E-state index in [2.05, 4.69) is 11.9 Å². The fraction of sp³-hybridized carbons (Fsp3) is 0.261. The summed E-state index contributed by atoms with van der Waals surface area (Å²) in [6, 6.07) is 15.0. The van der Waals surface area contributed by atoms with Crippen LogP contribution in [0.1, 0.15) is 24.0 Å². The molecule has 2 rings (SSSR count). The van der Waals surface area contributed by atoms with Crippen molar-refractivity contribution < 1.29 is 28.6 Å². The number of benzene rings is 2. The summed E-state index contributed by atoms with van der Waals surface area (Å²) >= 11 is 0. The highest BCUT2D eigenvalue weighted by molar-refractivity contribution is 5.81. The molecule has 1 amide bonds. The number of carbonyl (C=O) groups is 3. The van der Waals surface area contributed by atoms with Gasteiger partial charge in [-0.1, -0.05) is 48.5 Å². The Kier molecular flexibility index (Phi) is 9.12. The van der Waals surface area contributed by atoms with Crippen molar-refractivity contribution >= 4 is 18.0 Å². The van der Waals surface area contributed by atoms with Gasteiger partial charge in [0.15, 0.2) is 0 Å². The number of nitrogens with one attached hydrogen (secondary N) is 1. The quantitative estimate of drug-likeness (QED) is 0.365. The number of hydrogen-bond acceptors (Lipinski definition) is 6. The number of esters is 2. The number of methoxy groups -OCH3 is 1. The van der Waals surface area contributed by atoms with Crippen LogP contribution in [0.3, 0.4) is 0 Å². The van der Waals surface area contributed by atoms with Crippen LogP contribution in [0.15, 0.2) is 67.3 Å². The summed E-state index contributed by atoms with van der Waals surface area (Å²) < 4.78 is 15.2. The van der Waals surface area contributed by atoms with Gasteiger partial charge in [-0.25, -0.2) is 9.59 Å². The molecular formula is C23H25NO6. The highest BCUT2D eigenvalue weighted by Crippen LogP contribution is 2.15. The first kappa shape index (κ1) is 22.7. The van der Waals surface area contributed by atoms with Crippen molar-refractivity contribution in [2.45, 2.75) is 31.9 Å². The van der Waals surface area contributed by atoms with Crippen molar-refractivity contribution in [3.63, 3.8) is 0 Å². The molecule has 0 aliphatic heterocycles. The van der Waals surface area contributed by atoms with Gasteiger partial charge < -0.3 is 19.5 Å². The zero-order chi connectivity index (χ0) is 21.8. The number of alkyl carbamates (subject to hydrolysis) is 1. The Morgan fingerprint density at radius 3 is 2.37 bits per heavy atom. The molecule has 0 spiro atoms. The molecule has 0 fully saturated rings. The molecule has 30 heavy (non-hydrogen) atoms. The van der Waals surface area contributed by atoms with Gasteiger partial charge in [-0.05, 0) is 29.7 Å². The van der Waals surface area contributed by atoms with Gasteiger partial charge in [0.25, 0.3) is 0 Å². The van der Waals surface area contributed by atoms with E-state index < -0.39 is 18.1 Å². The van der Waals surface area contributed by atoms with Gasteiger partial charge in [0, 0.05) is 12.8 Å². The Balaban J connectivity index is 1.92. The molecule has 0 saturated heterocycles. The van der Waals surface area contributed by atoms with Crippen molar-refractivity contribution in [3.8, 4) is 5.75 Å². The van der Waals surface area contributed by atoms with Crippen LogP contribution in [0.4, 0.5) is 4.79 Å². The summed E-state index contributed by atoms with van der Waals surface area (Å²) in [6.45, 7) is 3.65. The van der Waals surface area contributed by atoms with Crippen LogP contribution < -0.4 is 10.1 Å². The molecule has 1 atom stereocenters. The number of hydrogen-bond donors (Lipinski definition) is 1. The van der Waals surface area contributed by atoms with Crippen molar-refractivity contribution in [2.75, 3.05) is 7.11 Å². The molecule has 7 heteroatoms. The lowest BCUT2D eigenvalue weighted by Crippen LogP contribution is -2.43. The molecule has 1 N–H and O–H groups in total. The summed E-state index contributed by atoms with van der Waals surface area (Å²) in [5, 5.41) is 2.53. The first-order chi connectivity index (χ1) is 14.5. The number of amides is 1. The molecule has 158 valence electrons. The molecular weight excluding hydrogens is 386 g/mol. The van der Waals surface area contributed by atoms with Crippen molar-refractivity contribution in [1.82, 2.24) is 5.32 Å². The minimum Gasteiger partial charge on any atom is -0.467 e. The topological polar surface area (TPSA) is 90.9 Å². The minimum atomic E-state index is -0.917. The monoisotopic (exact) mass is 411 g/mol. The zero-order valence-corrected chi connectivity index (χ0v) is 16.8. The maximum atomic E-state index is 12.1. The third-order valence-corrected chi connectivity index (χ3v) is 4.14. The Morgan fingerprint density at radius 2 is 1.73 bits per heavy atom. The largest absolute Gasteiger partial charge is 0.467 e. The molecule has 2 aromatic rings. The van der Waals surface area contributed by atoms with Crippen LogP contribution in [0.25, 0.3) is 0 Å². The van der Waals surface area contributed by atoms with Crippen LogP contribution >= 0.6 is 0 Å². The summed E-state index contributed by atoms with van der Waals surface area (Å²) in [6.07, 6.45) is 1.92. The third-order valence-electron chi connectivity index (χ3n) is 4.14. The van der Waals surface area contributed by atoms with E-state index >= 15 is 0 Å². The van der Waals surface area contributed by atoms with E-state index in [0.717, 1.165) is 11.1 Å². The van der Waals surface area contributed by atoms with E-state index in [0.29, 0.717) is 12.2 Å². The second kappa shape index (κ2) is 12.1. The molecule has 7 nitrogen and oxygen atoms in total. The Hall–Kier alpha value is -3.61. The summed E-state index contributed by atoms with van der Waals surface area (Å²) in [5.41, 5.74) is 1.58. The number of rotatable bonds is 10. The van der Waals surface area contributed by atoms with Gasteiger partial charge in [-0.15, -0.1) is 6.58 Å². The molecule has 0 bridgehead atoms. The smallest absolute Gasteiger partial charge is 0.408 e.